The predicted molar refractivity (Wildman–Crippen MR) is 297 cm³/mol. The van der Waals surface area contributed by atoms with Crippen LogP contribution in [0.1, 0.15) is 47.2 Å². The molecular formula is C70H49N. The molecule has 0 saturated carbocycles. The Kier molecular flexibility index (Phi) is 9.22. The SMILES string of the molecule is CC1(C)c2cc(-c3ccccc3)ccc2-c2c1cc1c(c2N(c2ccc(-c3ccccc3)cc2)c2ccc(-c3ccc(-c4ccccc4)cc3)cc2)-c2ccccc2C12c1ccccc1-c1ccccc12. The Hall–Kier alpha value is -8.78. The van der Waals surface area contributed by atoms with Gasteiger partial charge >= 0.3 is 0 Å². The van der Waals surface area contributed by atoms with E-state index in [4.69, 9.17) is 0 Å². The Balaban J connectivity index is 1.06. The van der Waals surface area contributed by atoms with Crippen LogP contribution in [0.15, 0.2) is 261 Å². The van der Waals surface area contributed by atoms with Crippen LogP contribution < -0.4 is 4.90 Å². The maximum Gasteiger partial charge on any atom is 0.0726 e. The minimum Gasteiger partial charge on any atom is -0.309 e. The van der Waals surface area contributed by atoms with Crippen LogP contribution in [0.4, 0.5) is 17.1 Å². The average molecular weight is 904 g/mol. The fraction of sp³-hybridized carbons (Fsp3) is 0.0571. The maximum atomic E-state index is 2.63. The van der Waals surface area contributed by atoms with Crippen molar-refractivity contribution < 1.29 is 0 Å². The van der Waals surface area contributed by atoms with E-state index in [2.05, 4.69) is 280 Å². The van der Waals surface area contributed by atoms with E-state index in [1.807, 2.05) is 0 Å². The van der Waals surface area contributed by atoms with Crippen molar-refractivity contribution in [2.45, 2.75) is 24.7 Å². The zero-order chi connectivity index (χ0) is 47.3. The summed E-state index contributed by atoms with van der Waals surface area (Å²) in [6.45, 7) is 4.90. The first-order valence-corrected chi connectivity index (χ1v) is 24.9. The van der Waals surface area contributed by atoms with Crippen molar-refractivity contribution in [1.82, 2.24) is 0 Å². The summed E-state index contributed by atoms with van der Waals surface area (Å²) in [4.78, 5) is 2.59. The third-order valence-electron chi connectivity index (χ3n) is 15.9. The summed E-state index contributed by atoms with van der Waals surface area (Å²) in [5.74, 6) is 0. The summed E-state index contributed by atoms with van der Waals surface area (Å²) in [5, 5.41) is 0. The van der Waals surface area contributed by atoms with E-state index in [1.54, 1.807) is 0 Å². The number of nitrogens with zero attached hydrogens (tertiary/aromatic N) is 1. The molecule has 1 nitrogen and oxygen atoms in total. The van der Waals surface area contributed by atoms with Crippen LogP contribution >= 0.6 is 0 Å². The van der Waals surface area contributed by atoms with E-state index in [-0.39, 0.29) is 5.41 Å². The molecule has 0 N–H and O–H groups in total. The monoisotopic (exact) mass is 903 g/mol. The first-order valence-electron chi connectivity index (χ1n) is 24.9. The summed E-state index contributed by atoms with van der Waals surface area (Å²) >= 11 is 0. The van der Waals surface area contributed by atoms with Gasteiger partial charge in [0, 0.05) is 27.9 Å². The van der Waals surface area contributed by atoms with Crippen LogP contribution in [0, 0.1) is 0 Å². The Bertz CT molecular complexity index is 3800. The van der Waals surface area contributed by atoms with E-state index in [9.17, 15) is 0 Å². The molecular weight excluding hydrogens is 855 g/mol. The van der Waals surface area contributed by atoms with Crippen molar-refractivity contribution in [3.05, 3.63) is 294 Å². The van der Waals surface area contributed by atoms with Crippen molar-refractivity contribution in [3.63, 3.8) is 0 Å². The van der Waals surface area contributed by atoms with Gasteiger partial charge in [-0.25, -0.2) is 0 Å². The number of anilines is 3. The molecule has 0 saturated heterocycles. The third kappa shape index (κ3) is 6.13. The number of rotatable bonds is 7. The van der Waals surface area contributed by atoms with Gasteiger partial charge < -0.3 is 4.90 Å². The molecule has 1 heteroatoms. The quantitative estimate of drug-likeness (QED) is 0.154. The number of fused-ring (bicyclic) bond motifs is 13. The van der Waals surface area contributed by atoms with E-state index in [1.165, 1.54) is 117 Å². The fourth-order valence-electron chi connectivity index (χ4n) is 12.6. The number of hydrogen-bond acceptors (Lipinski definition) is 1. The number of benzene rings is 11. The summed E-state index contributed by atoms with van der Waals surface area (Å²) in [6.07, 6.45) is 0. The average Bonchev–Trinajstić information content (AvgIpc) is 4.00. The molecule has 3 aliphatic carbocycles. The van der Waals surface area contributed by atoms with Crippen molar-refractivity contribution in [3.8, 4) is 77.9 Å². The minimum absolute atomic E-state index is 0.328. The molecule has 11 aromatic rings. The highest BCUT2D eigenvalue weighted by Gasteiger charge is 2.54. The highest BCUT2D eigenvalue weighted by atomic mass is 15.1. The summed E-state index contributed by atoms with van der Waals surface area (Å²) < 4.78 is 0. The lowest BCUT2D eigenvalue weighted by Gasteiger charge is -2.34. The topological polar surface area (TPSA) is 3.24 Å². The molecule has 0 amide bonds. The molecule has 0 aromatic heterocycles. The third-order valence-corrected chi connectivity index (χ3v) is 15.9. The predicted octanol–water partition coefficient (Wildman–Crippen LogP) is 18.5. The smallest absolute Gasteiger partial charge is 0.0726 e. The van der Waals surface area contributed by atoms with Crippen LogP contribution in [0.2, 0.25) is 0 Å². The van der Waals surface area contributed by atoms with Gasteiger partial charge in [0.05, 0.1) is 11.1 Å². The van der Waals surface area contributed by atoms with Crippen LogP contribution in [0.3, 0.4) is 0 Å². The first kappa shape index (κ1) is 41.2. The molecule has 334 valence electrons. The Morgan fingerprint density at radius 3 is 1.07 bits per heavy atom. The molecule has 0 unspecified atom stereocenters. The van der Waals surface area contributed by atoms with E-state index in [0.717, 1.165) is 11.4 Å². The Labute approximate surface area is 416 Å². The van der Waals surface area contributed by atoms with Gasteiger partial charge in [-0.3, -0.25) is 0 Å². The number of hydrogen-bond donors (Lipinski definition) is 0. The summed E-state index contributed by atoms with van der Waals surface area (Å²) in [6, 6.07) is 97.3. The molecule has 0 bridgehead atoms. The lowest BCUT2D eigenvalue weighted by molar-refractivity contribution is 0.657. The normalized spacial score (nSPS) is 13.7. The highest BCUT2D eigenvalue weighted by Crippen LogP contribution is 2.68. The minimum atomic E-state index is -0.526. The van der Waals surface area contributed by atoms with Crippen molar-refractivity contribution in [2.24, 2.45) is 0 Å². The van der Waals surface area contributed by atoms with Crippen LogP contribution in [0.25, 0.3) is 77.9 Å². The molecule has 1 spiro atoms. The zero-order valence-corrected chi connectivity index (χ0v) is 39.8. The highest BCUT2D eigenvalue weighted by molar-refractivity contribution is 6.09. The second-order valence-electron chi connectivity index (χ2n) is 19.9. The van der Waals surface area contributed by atoms with Gasteiger partial charge in [0.1, 0.15) is 0 Å². The van der Waals surface area contributed by atoms with Crippen LogP contribution in [0.5, 0.6) is 0 Å². The van der Waals surface area contributed by atoms with Gasteiger partial charge in [0.15, 0.2) is 0 Å². The molecule has 3 aliphatic rings. The lowest BCUT2D eigenvalue weighted by atomic mass is 9.69. The first-order chi connectivity index (χ1) is 35.0. The van der Waals surface area contributed by atoms with Gasteiger partial charge in [-0.2, -0.15) is 0 Å². The molecule has 0 radical (unpaired) electrons. The van der Waals surface area contributed by atoms with Crippen molar-refractivity contribution in [1.29, 1.82) is 0 Å². The molecule has 0 fully saturated rings. The molecule has 0 aliphatic heterocycles. The van der Waals surface area contributed by atoms with Gasteiger partial charge in [0.25, 0.3) is 0 Å². The zero-order valence-electron chi connectivity index (χ0n) is 39.8. The van der Waals surface area contributed by atoms with Gasteiger partial charge in [-0.1, -0.05) is 244 Å². The molecule has 0 atom stereocenters. The second-order valence-corrected chi connectivity index (χ2v) is 19.9. The molecule has 0 heterocycles. The lowest BCUT2D eigenvalue weighted by Crippen LogP contribution is -2.27. The summed E-state index contributed by atoms with van der Waals surface area (Å²) in [7, 11) is 0. The van der Waals surface area contributed by atoms with Crippen molar-refractivity contribution in [2.75, 3.05) is 4.90 Å². The van der Waals surface area contributed by atoms with E-state index >= 15 is 0 Å². The van der Waals surface area contributed by atoms with Crippen molar-refractivity contribution >= 4 is 17.1 Å². The van der Waals surface area contributed by atoms with E-state index in [0.29, 0.717) is 0 Å². The second kappa shape index (κ2) is 15.9. The van der Waals surface area contributed by atoms with Gasteiger partial charge in [0.2, 0.25) is 0 Å². The molecule has 14 rings (SSSR count). The molecule has 71 heavy (non-hydrogen) atoms. The molecule has 11 aromatic carbocycles. The van der Waals surface area contributed by atoms with Gasteiger partial charge in [-0.15, -0.1) is 0 Å². The largest absolute Gasteiger partial charge is 0.309 e. The Morgan fingerprint density at radius 2 is 0.592 bits per heavy atom. The summed E-state index contributed by atoms with van der Waals surface area (Å²) in [5.41, 5.74) is 28.1. The fourth-order valence-corrected chi connectivity index (χ4v) is 12.6. The Morgan fingerprint density at radius 1 is 0.254 bits per heavy atom. The standard InChI is InChI=1S/C70H49N/c1-69(2)63-44-53(48-22-10-5-11-23-48)38-43-59(63)66-64(69)45-65-67(58-26-14-17-29-62(58)70(65)60-27-15-12-24-56(60)57-25-13-16-28-61(57)70)68(66)71(54-39-34-51(35-40-54)47-20-8-4-9-21-47)55-41-36-52(37-42-55)50-32-30-49(31-33-50)46-18-6-3-7-19-46/h3-45H,1-2H3. The van der Waals surface area contributed by atoms with Gasteiger partial charge in [-0.05, 0) is 130 Å². The van der Waals surface area contributed by atoms with Crippen LogP contribution in [-0.2, 0) is 10.8 Å². The van der Waals surface area contributed by atoms with Crippen LogP contribution in [-0.4, -0.2) is 0 Å². The maximum absolute atomic E-state index is 2.63. The van der Waals surface area contributed by atoms with E-state index < -0.39 is 5.41 Å².